The van der Waals surface area contributed by atoms with Gasteiger partial charge in [0.05, 0.1) is 17.7 Å². The Balaban J connectivity index is 1.80. The highest BCUT2D eigenvalue weighted by Crippen LogP contribution is 2.18. The summed E-state index contributed by atoms with van der Waals surface area (Å²) in [7, 11) is 0. The number of hydrogen-bond donors (Lipinski definition) is 3. The molecule has 1 fully saturated rings. The number of nitriles is 1. The van der Waals surface area contributed by atoms with Crippen LogP contribution in [0.25, 0.3) is 0 Å². The number of benzene rings is 1. The number of rotatable bonds is 3. The second-order valence-electron chi connectivity index (χ2n) is 5.25. The SMILES string of the molecule is N#Cc1ccc(CNC(=O)NC2CCC(O)CC2)c(F)c1. The number of amides is 2. The minimum absolute atomic E-state index is 0.0548. The highest BCUT2D eigenvalue weighted by Gasteiger charge is 2.20. The Morgan fingerprint density at radius 2 is 2.10 bits per heavy atom. The molecule has 0 spiro atoms. The Kier molecular flexibility index (Phi) is 5.12. The number of urea groups is 1. The molecule has 21 heavy (non-hydrogen) atoms. The maximum Gasteiger partial charge on any atom is 0.315 e. The van der Waals surface area contributed by atoms with Crippen LogP contribution in [0.4, 0.5) is 9.18 Å². The van der Waals surface area contributed by atoms with Crippen LogP contribution in [-0.4, -0.2) is 23.3 Å². The topological polar surface area (TPSA) is 85.2 Å². The van der Waals surface area contributed by atoms with Crippen LogP contribution in [0.15, 0.2) is 18.2 Å². The van der Waals surface area contributed by atoms with E-state index in [4.69, 9.17) is 5.26 Å². The molecule has 0 atom stereocenters. The van der Waals surface area contributed by atoms with Crippen LogP contribution >= 0.6 is 0 Å². The number of nitrogens with one attached hydrogen (secondary N) is 2. The van der Waals surface area contributed by atoms with E-state index in [-0.39, 0.29) is 30.3 Å². The quantitative estimate of drug-likeness (QED) is 0.794. The highest BCUT2D eigenvalue weighted by molar-refractivity contribution is 5.74. The zero-order chi connectivity index (χ0) is 15.2. The summed E-state index contributed by atoms with van der Waals surface area (Å²) >= 11 is 0. The maximum absolute atomic E-state index is 13.6. The standard InChI is InChI=1S/C15H18FN3O2/c16-14-7-10(8-17)1-2-11(14)9-18-15(21)19-12-3-5-13(20)6-4-12/h1-2,7,12-13,20H,3-6,9H2,(H2,18,19,21). The van der Waals surface area contributed by atoms with Crippen molar-refractivity contribution in [3.63, 3.8) is 0 Å². The van der Waals surface area contributed by atoms with E-state index in [1.807, 2.05) is 6.07 Å². The summed E-state index contributed by atoms with van der Waals surface area (Å²) in [5.74, 6) is -0.505. The van der Waals surface area contributed by atoms with E-state index in [2.05, 4.69) is 10.6 Å². The highest BCUT2D eigenvalue weighted by atomic mass is 19.1. The van der Waals surface area contributed by atoms with E-state index in [1.165, 1.54) is 12.1 Å². The van der Waals surface area contributed by atoms with Crippen molar-refractivity contribution in [2.24, 2.45) is 0 Å². The molecule has 0 heterocycles. The Morgan fingerprint density at radius 1 is 1.38 bits per heavy atom. The molecule has 1 aromatic carbocycles. The summed E-state index contributed by atoms with van der Waals surface area (Å²) in [4.78, 5) is 11.7. The zero-order valence-electron chi connectivity index (χ0n) is 11.6. The number of aliphatic hydroxyl groups is 1. The summed E-state index contributed by atoms with van der Waals surface area (Å²) in [6.45, 7) is 0.0682. The molecule has 1 aliphatic rings. The lowest BCUT2D eigenvalue weighted by Gasteiger charge is -2.26. The average molecular weight is 291 g/mol. The van der Waals surface area contributed by atoms with E-state index in [0.717, 1.165) is 18.9 Å². The maximum atomic E-state index is 13.6. The van der Waals surface area contributed by atoms with Gasteiger partial charge in [-0.1, -0.05) is 6.07 Å². The molecule has 3 N–H and O–H groups in total. The first-order valence-corrected chi connectivity index (χ1v) is 6.99. The van der Waals surface area contributed by atoms with Crippen molar-refractivity contribution in [3.8, 4) is 6.07 Å². The van der Waals surface area contributed by atoms with Crippen molar-refractivity contribution < 1.29 is 14.3 Å². The van der Waals surface area contributed by atoms with Gasteiger partial charge in [-0.15, -0.1) is 0 Å². The molecule has 0 radical (unpaired) electrons. The predicted molar refractivity (Wildman–Crippen MR) is 74.7 cm³/mol. The van der Waals surface area contributed by atoms with Crippen LogP contribution in [0.3, 0.4) is 0 Å². The molecule has 0 aliphatic heterocycles. The number of carbonyl (C=O) groups is 1. The zero-order valence-corrected chi connectivity index (χ0v) is 11.6. The predicted octanol–water partition coefficient (Wildman–Crippen LogP) is 1.80. The van der Waals surface area contributed by atoms with Crippen molar-refractivity contribution in [1.82, 2.24) is 10.6 Å². The molecule has 2 rings (SSSR count). The average Bonchev–Trinajstić information content (AvgIpc) is 2.48. The molecule has 0 bridgehead atoms. The Bertz CT molecular complexity index is 548. The van der Waals surface area contributed by atoms with Gasteiger partial charge in [0.1, 0.15) is 5.82 Å². The van der Waals surface area contributed by atoms with Crippen LogP contribution < -0.4 is 10.6 Å². The van der Waals surface area contributed by atoms with Gasteiger partial charge < -0.3 is 15.7 Å². The van der Waals surface area contributed by atoms with E-state index >= 15 is 0 Å². The van der Waals surface area contributed by atoms with Crippen molar-refractivity contribution >= 4 is 6.03 Å². The van der Waals surface area contributed by atoms with E-state index in [9.17, 15) is 14.3 Å². The molecule has 0 saturated heterocycles. The number of nitrogens with zero attached hydrogens (tertiary/aromatic N) is 1. The molecule has 0 unspecified atom stereocenters. The third-order valence-corrected chi connectivity index (χ3v) is 3.65. The fourth-order valence-electron chi connectivity index (χ4n) is 2.39. The fraction of sp³-hybridized carbons (Fsp3) is 0.467. The van der Waals surface area contributed by atoms with Gasteiger partial charge in [-0.3, -0.25) is 0 Å². The molecule has 1 aromatic rings. The van der Waals surface area contributed by atoms with Crippen molar-refractivity contribution in [1.29, 1.82) is 5.26 Å². The third kappa shape index (κ3) is 4.43. The summed E-state index contributed by atoms with van der Waals surface area (Å²) in [6.07, 6.45) is 2.61. The lowest BCUT2D eigenvalue weighted by molar-refractivity contribution is 0.117. The number of hydrogen-bond acceptors (Lipinski definition) is 3. The normalized spacial score (nSPS) is 21.4. The molecule has 5 nitrogen and oxygen atoms in total. The second-order valence-corrected chi connectivity index (χ2v) is 5.25. The molecule has 6 heteroatoms. The smallest absolute Gasteiger partial charge is 0.315 e. The lowest BCUT2D eigenvalue weighted by atomic mass is 9.93. The molecular weight excluding hydrogens is 273 g/mol. The third-order valence-electron chi connectivity index (χ3n) is 3.65. The molecule has 1 saturated carbocycles. The molecule has 2 amide bonds. The summed E-state index contributed by atoms with van der Waals surface area (Å²) in [6, 6.07) is 5.72. The molecule has 0 aromatic heterocycles. The Hall–Kier alpha value is -2.13. The lowest BCUT2D eigenvalue weighted by Crippen LogP contribution is -2.43. The largest absolute Gasteiger partial charge is 0.393 e. The van der Waals surface area contributed by atoms with Gasteiger partial charge >= 0.3 is 6.03 Å². The molecular formula is C15H18FN3O2. The van der Waals surface area contributed by atoms with Gasteiger partial charge in [-0.05, 0) is 37.8 Å². The number of aliphatic hydroxyl groups excluding tert-OH is 1. The van der Waals surface area contributed by atoms with E-state index < -0.39 is 5.82 Å². The van der Waals surface area contributed by atoms with Crippen molar-refractivity contribution in [2.75, 3.05) is 0 Å². The first-order chi connectivity index (χ1) is 10.1. The van der Waals surface area contributed by atoms with Crippen LogP contribution in [0.5, 0.6) is 0 Å². The Labute approximate surface area is 122 Å². The summed E-state index contributed by atoms with van der Waals surface area (Å²) in [5, 5.41) is 23.5. The summed E-state index contributed by atoms with van der Waals surface area (Å²) in [5.41, 5.74) is 0.588. The van der Waals surface area contributed by atoms with E-state index in [1.54, 1.807) is 0 Å². The van der Waals surface area contributed by atoms with Gasteiger partial charge in [-0.2, -0.15) is 5.26 Å². The minimum atomic E-state index is -0.505. The van der Waals surface area contributed by atoms with Crippen molar-refractivity contribution in [3.05, 3.63) is 35.1 Å². The van der Waals surface area contributed by atoms with Gasteiger partial charge in [0.15, 0.2) is 0 Å². The van der Waals surface area contributed by atoms with Gasteiger partial charge in [0.2, 0.25) is 0 Å². The Morgan fingerprint density at radius 3 is 2.71 bits per heavy atom. The second kappa shape index (κ2) is 7.04. The van der Waals surface area contributed by atoms with Crippen LogP contribution in [-0.2, 0) is 6.54 Å². The van der Waals surface area contributed by atoms with Crippen LogP contribution in [0, 0.1) is 17.1 Å². The van der Waals surface area contributed by atoms with E-state index in [0.29, 0.717) is 18.4 Å². The molecule has 1 aliphatic carbocycles. The number of halogens is 1. The fourth-order valence-corrected chi connectivity index (χ4v) is 2.39. The van der Waals surface area contributed by atoms with Gasteiger partial charge in [-0.25, -0.2) is 9.18 Å². The van der Waals surface area contributed by atoms with Gasteiger partial charge in [0, 0.05) is 18.2 Å². The first kappa shape index (κ1) is 15.3. The monoisotopic (exact) mass is 291 g/mol. The van der Waals surface area contributed by atoms with Crippen molar-refractivity contribution in [2.45, 2.75) is 44.4 Å². The van der Waals surface area contributed by atoms with Gasteiger partial charge in [0.25, 0.3) is 0 Å². The van der Waals surface area contributed by atoms with Crippen LogP contribution in [0.2, 0.25) is 0 Å². The molecule has 112 valence electrons. The first-order valence-electron chi connectivity index (χ1n) is 6.99. The number of carbonyl (C=O) groups excluding carboxylic acids is 1. The van der Waals surface area contributed by atoms with Crippen LogP contribution in [0.1, 0.15) is 36.8 Å². The minimum Gasteiger partial charge on any atom is -0.393 e. The summed E-state index contributed by atoms with van der Waals surface area (Å²) < 4.78 is 13.6.